The molecule has 1 aliphatic heterocycles. The molecule has 0 saturated heterocycles. The van der Waals surface area contributed by atoms with Gasteiger partial charge in [-0.3, -0.25) is 9.36 Å². The summed E-state index contributed by atoms with van der Waals surface area (Å²) >= 11 is 7.49. The fourth-order valence-corrected chi connectivity index (χ4v) is 4.52. The van der Waals surface area contributed by atoms with E-state index in [0.29, 0.717) is 18.1 Å². The molecule has 0 atom stereocenters. The number of benzene rings is 1. The number of fused-ring (bicyclic) bond motifs is 1. The third-order valence-electron chi connectivity index (χ3n) is 4.97. The number of nitrogens with one attached hydrogen (secondary N) is 1. The number of carbonyl (C=O) groups excluding carboxylic acids is 1. The summed E-state index contributed by atoms with van der Waals surface area (Å²) < 4.78 is 2.96. The van der Waals surface area contributed by atoms with Gasteiger partial charge < -0.3 is 5.32 Å². The van der Waals surface area contributed by atoms with Crippen molar-refractivity contribution in [3.63, 3.8) is 0 Å². The number of halogens is 1. The maximum absolute atomic E-state index is 12.5. The molecule has 0 saturated carbocycles. The molecule has 3 aromatic rings. The molecule has 7 nitrogen and oxygen atoms in total. The molecule has 1 aliphatic rings. The lowest BCUT2D eigenvalue weighted by Gasteiger charge is -2.03. The van der Waals surface area contributed by atoms with Crippen LogP contribution in [0, 0.1) is 6.92 Å². The Bertz CT molecular complexity index is 1080. The van der Waals surface area contributed by atoms with E-state index in [0.717, 1.165) is 52.6 Å². The van der Waals surface area contributed by atoms with Gasteiger partial charge in [-0.25, -0.2) is 14.5 Å². The molecule has 0 aliphatic carbocycles. The van der Waals surface area contributed by atoms with E-state index in [1.807, 2.05) is 31.2 Å². The lowest BCUT2D eigenvalue weighted by molar-refractivity contribution is -0.122. The summed E-state index contributed by atoms with van der Waals surface area (Å²) in [4.78, 5) is 30.5. The monoisotopic (exact) mass is 431 g/mol. The van der Waals surface area contributed by atoms with Crippen LogP contribution in [-0.2, 0) is 30.8 Å². The third kappa shape index (κ3) is 4.43. The minimum Gasteiger partial charge on any atom is -0.348 e. The minimum atomic E-state index is -0.249. The van der Waals surface area contributed by atoms with Crippen LogP contribution < -0.4 is 11.0 Å². The molecule has 152 valence electrons. The fraction of sp³-hybridized carbons (Fsp3) is 0.400. The average molecular weight is 432 g/mol. The van der Waals surface area contributed by atoms with Gasteiger partial charge in [0.15, 0.2) is 0 Å². The van der Waals surface area contributed by atoms with Crippen molar-refractivity contribution in [3.8, 4) is 11.3 Å². The Balaban J connectivity index is 1.40. The van der Waals surface area contributed by atoms with E-state index < -0.39 is 0 Å². The van der Waals surface area contributed by atoms with Gasteiger partial charge >= 0.3 is 5.69 Å². The van der Waals surface area contributed by atoms with Gasteiger partial charge in [-0.1, -0.05) is 30.2 Å². The van der Waals surface area contributed by atoms with Crippen molar-refractivity contribution in [1.29, 1.82) is 0 Å². The molecular weight excluding hydrogens is 410 g/mol. The molecule has 0 fully saturated rings. The van der Waals surface area contributed by atoms with Gasteiger partial charge in [-0.15, -0.1) is 11.3 Å². The molecular formula is C20H22ClN5O2S. The first kappa shape index (κ1) is 19.8. The van der Waals surface area contributed by atoms with Crippen LogP contribution in [0.5, 0.6) is 0 Å². The van der Waals surface area contributed by atoms with E-state index in [-0.39, 0.29) is 18.1 Å². The number of aromatic nitrogens is 4. The van der Waals surface area contributed by atoms with Gasteiger partial charge in [-0.2, -0.15) is 5.10 Å². The van der Waals surface area contributed by atoms with E-state index in [2.05, 4.69) is 15.4 Å². The summed E-state index contributed by atoms with van der Waals surface area (Å²) in [6.45, 7) is 2.93. The largest absolute Gasteiger partial charge is 0.348 e. The van der Waals surface area contributed by atoms with Crippen LogP contribution in [0.4, 0.5) is 0 Å². The SMILES string of the molecule is Cc1sc(CNC(=O)Cn2nc3n(c2=O)CCCCC3)nc1-c1ccc(Cl)cc1. The summed E-state index contributed by atoms with van der Waals surface area (Å²) in [6.07, 6.45) is 3.90. The predicted octanol–water partition coefficient (Wildman–Crippen LogP) is 3.17. The van der Waals surface area contributed by atoms with Crippen LogP contribution >= 0.6 is 22.9 Å². The predicted molar refractivity (Wildman–Crippen MR) is 113 cm³/mol. The standard InChI is InChI=1S/C20H22ClN5O2S/c1-13-19(14-6-8-15(21)9-7-14)23-18(29-13)11-22-17(27)12-26-20(28)25-10-4-2-3-5-16(25)24-26/h6-9H,2-5,10-12H2,1H3,(H,22,27). The zero-order valence-electron chi connectivity index (χ0n) is 16.2. The number of carbonyl (C=O) groups is 1. The van der Waals surface area contributed by atoms with Crippen molar-refractivity contribution in [2.45, 2.75) is 52.2 Å². The smallest absolute Gasteiger partial charge is 0.346 e. The quantitative estimate of drug-likeness (QED) is 0.672. The van der Waals surface area contributed by atoms with Crippen LogP contribution in [0.2, 0.25) is 5.02 Å². The summed E-state index contributed by atoms with van der Waals surface area (Å²) in [7, 11) is 0. The molecule has 1 N–H and O–H groups in total. The second-order valence-electron chi connectivity index (χ2n) is 7.11. The Morgan fingerprint density at radius 3 is 2.83 bits per heavy atom. The number of aryl methyl sites for hydroxylation is 2. The van der Waals surface area contributed by atoms with Crippen LogP contribution in [0.15, 0.2) is 29.1 Å². The first-order valence-corrected chi connectivity index (χ1v) is 10.9. The third-order valence-corrected chi connectivity index (χ3v) is 6.19. The summed E-state index contributed by atoms with van der Waals surface area (Å²) in [5, 5.41) is 8.70. The minimum absolute atomic E-state index is 0.0762. The lowest BCUT2D eigenvalue weighted by Crippen LogP contribution is -2.33. The topological polar surface area (TPSA) is 81.8 Å². The first-order valence-electron chi connectivity index (χ1n) is 9.67. The van der Waals surface area contributed by atoms with Crippen LogP contribution in [-0.4, -0.2) is 25.2 Å². The summed E-state index contributed by atoms with van der Waals surface area (Å²) in [5.74, 6) is 0.532. The van der Waals surface area contributed by atoms with Crippen LogP contribution in [0.25, 0.3) is 11.3 Å². The zero-order chi connectivity index (χ0) is 20.4. The van der Waals surface area contributed by atoms with E-state index in [1.165, 1.54) is 4.68 Å². The van der Waals surface area contributed by atoms with Gasteiger partial charge in [0.05, 0.1) is 12.2 Å². The summed E-state index contributed by atoms with van der Waals surface area (Å²) in [5.41, 5.74) is 1.68. The molecule has 29 heavy (non-hydrogen) atoms. The number of thiazole rings is 1. The molecule has 1 aromatic carbocycles. The second kappa shape index (κ2) is 8.51. The Morgan fingerprint density at radius 2 is 2.03 bits per heavy atom. The number of amides is 1. The molecule has 9 heteroatoms. The van der Waals surface area contributed by atoms with Crippen molar-refractivity contribution in [1.82, 2.24) is 24.6 Å². The number of nitrogens with zero attached hydrogens (tertiary/aromatic N) is 4. The molecule has 3 heterocycles. The number of rotatable bonds is 5. The number of hydrogen-bond acceptors (Lipinski definition) is 5. The van der Waals surface area contributed by atoms with Gasteiger partial charge in [0.25, 0.3) is 0 Å². The van der Waals surface area contributed by atoms with Crippen molar-refractivity contribution < 1.29 is 4.79 Å². The highest BCUT2D eigenvalue weighted by atomic mass is 35.5. The van der Waals surface area contributed by atoms with Gasteiger partial charge in [0.1, 0.15) is 17.4 Å². The molecule has 2 aromatic heterocycles. The summed E-state index contributed by atoms with van der Waals surface area (Å²) in [6, 6.07) is 7.53. The second-order valence-corrected chi connectivity index (χ2v) is 8.84. The Kier molecular flexibility index (Phi) is 5.82. The van der Waals surface area contributed by atoms with E-state index in [1.54, 1.807) is 15.9 Å². The Labute approximate surface area is 177 Å². The highest BCUT2D eigenvalue weighted by molar-refractivity contribution is 7.12. The maximum Gasteiger partial charge on any atom is 0.346 e. The highest BCUT2D eigenvalue weighted by Gasteiger charge is 2.17. The van der Waals surface area contributed by atoms with Gasteiger partial charge in [-0.05, 0) is 31.9 Å². The molecule has 1 amide bonds. The van der Waals surface area contributed by atoms with Crippen molar-refractivity contribution in [2.75, 3.05) is 0 Å². The molecule has 0 bridgehead atoms. The van der Waals surface area contributed by atoms with Crippen molar-refractivity contribution >= 4 is 28.8 Å². The van der Waals surface area contributed by atoms with Crippen LogP contribution in [0.3, 0.4) is 0 Å². The molecule has 0 radical (unpaired) electrons. The van der Waals surface area contributed by atoms with E-state index in [9.17, 15) is 9.59 Å². The van der Waals surface area contributed by atoms with Gasteiger partial charge in [0.2, 0.25) is 5.91 Å². The first-order chi connectivity index (χ1) is 14.0. The Morgan fingerprint density at radius 1 is 1.24 bits per heavy atom. The zero-order valence-corrected chi connectivity index (χ0v) is 17.7. The lowest BCUT2D eigenvalue weighted by atomic mass is 10.1. The normalized spacial score (nSPS) is 13.7. The van der Waals surface area contributed by atoms with Gasteiger partial charge in [0, 0.05) is 28.4 Å². The van der Waals surface area contributed by atoms with E-state index in [4.69, 9.17) is 11.6 Å². The number of hydrogen-bond donors (Lipinski definition) is 1. The fourth-order valence-electron chi connectivity index (χ4n) is 3.50. The van der Waals surface area contributed by atoms with Crippen LogP contribution in [0.1, 0.15) is 35.0 Å². The average Bonchev–Trinajstić information content (AvgIpc) is 3.10. The van der Waals surface area contributed by atoms with Crippen molar-refractivity contribution in [2.24, 2.45) is 0 Å². The maximum atomic E-state index is 12.5. The van der Waals surface area contributed by atoms with E-state index >= 15 is 0 Å². The molecule has 0 spiro atoms. The Hall–Kier alpha value is -2.45. The molecule has 4 rings (SSSR count). The molecule has 0 unspecified atom stereocenters. The van der Waals surface area contributed by atoms with Crippen molar-refractivity contribution in [3.05, 3.63) is 55.5 Å². The highest BCUT2D eigenvalue weighted by Crippen LogP contribution is 2.28.